The van der Waals surface area contributed by atoms with Crippen molar-refractivity contribution in [1.29, 1.82) is 0 Å². The highest BCUT2D eigenvalue weighted by Crippen LogP contribution is 2.18. The van der Waals surface area contributed by atoms with E-state index in [9.17, 15) is 9.59 Å². The molecule has 4 rings (SSSR count). The van der Waals surface area contributed by atoms with Crippen LogP contribution in [0.2, 0.25) is 0 Å². The number of carbonyl (C=O) groups excluding carboxylic acids is 2. The quantitative estimate of drug-likeness (QED) is 0.293. The predicted molar refractivity (Wildman–Crippen MR) is 128 cm³/mol. The lowest BCUT2D eigenvalue weighted by atomic mass is 10.1. The van der Waals surface area contributed by atoms with Crippen molar-refractivity contribution in [1.82, 2.24) is 5.43 Å². The minimum Gasteiger partial charge on any atom is -0.322 e. The molecule has 0 fully saturated rings. The van der Waals surface area contributed by atoms with Gasteiger partial charge in [-0.3, -0.25) is 9.59 Å². The van der Waals surface area contributed by atoms with Gasteiger partial charge in [-0.25, -0.2) is 5.43 Å². The van der Waals surface area contributed by atoms with Gasteiger partial charge in [-0.2, -0.15) is 5.10 Å². The summed E-state index contributed by atoms with van der Waals surface area (Å²) in [5.41, 5.74) is 4.99. The Balaban J connectivity index is 1.37. The summed E-state index contributed by atoms with van der Waals surface area (Å²) in [6.45, 7) is 0. The van der Waals surface area contributed by atoms with Gasteiger partial charge in [0.05, 0.1) is 11.8 Å². The van der Waals surface area contributed by atoms with E-state index in [1.165, 1.54) is 0 Å². The summed E-state index contributed by atoms with van der Waals surface area (Å²) in [6, 6.07) is 27.8. The lowest BCUT2D eigenvalue weighted by molar-refractivity contribution is 0.0954. The molecule has 0 aliphatic heterocycles. The van der Waals surface area contributed by atoms with E-state index in [0.717, 1.165) is 16.3 Å². The molecule has 0 saturated carbocycles. The van der Waals surface area contributed by atoms with Crippen molar-refractivity contribution in [3.05, 3.63) is 112 Å². The van der Waals surface area contributed by atoms with Crippen LogP contribution >= 0.6 is 15.9 Å². The molecule has 0 heterocycles. The molecule has 0 spiro atoms. The Morgan fingerprint density at radius 1 is 0.774 bits per heavy atom. The molecular formula is C25H18BrN3O2. The first-order valence-electron chi connectivity index (χ1n) is 9.58. The van der Waals surface area contributed by atoms with Gasteiger partial charge in [0.25, 0.3) is 11.8 Å². The van der Waals surface area contributed by atoms with E-state index in [1.54, 1.807) is 48.7 Å². The molecule has 4 aromatic carbocycles. The number of hydrogen-bond acceptors (Lipinski definition) is 3. The molecule has 2 amide bonds. The van der Waals surface area contributed by atoms with Crippen LogP contribution in [0.5, 0.6) is 0 Å². The van der Waals surface area contributed by atoms with E-state index < -0.39 is 0 Å². The van der Waals surface area contributed by atoms with Gasteiger partial charge in [-0.1, -0.05) is 48.5 Å². The van der Waals surface area contributed by atoms with Crippen LogP contribution in [0.1, 0.15) is 26.3 Å². The Kier molecular flexibility index (Phi) is 6.19. The van der Waals surface area contributed by atoms with E-state index in [4.69, 9.17) is 0 Å². The monoisotopic (exact) mass is 471 g/mol. The molecule has 0 atom stereocenters. The van der Waals surface area contributed by atoms with E-state index in [-0.39, 0.29) is 11.8 Å². The number of carbonyl (C=O) groups is 2. The van der Waals surface area contributed by atoms with Gasteiger partial charge in [0.2, 0.25) is 0 Å². The fourth-order valence-electron chi connectivity index (χ4n) is 3.07. The smallest absolute Gasteiger partial charge is 0.271 e. The molecule has 0 aromatic heterocycles. The van der Waals surface area contributed by atoms with Crippen LogP contribution in [0.25, 0.3) is 10.8 Å². The highest BCUT2D eigenvalue weighted by Gasteiger charge is 2.10. The maximum atomic E-state index is 12.4. The molecule has 0 unspecified atom stereocenters. The van der Waals surface area contributed by atoms with Gasteiger partial charge >= 0.3 is 0 Å². The van der Waals surface area contributed by atoms with Crippen LogP contribution in [0.4, 0.5) is 5.69 Å². The van der Waals surface area contributed by atoms with Crippen LogP contribution in [0.15, 0.2) is 101 Å². The number of anilines is 1. The summed E-state index contributed by atoms with van der Waals surface area (Å²) in [7, 11) is 0. The van der Waals surface area contributed by atoms with Crippen molar-refractivity contribution in [2.45, 2.75) is 0 Å². The van der Waals surface area contributed by atoms with Crippen molar-refractivity contribution in [2.75, 3.05) is 5.32 Å². The van der Waals surface area contributed by atoms with Gasteiger partial charge in [0, 0.05) is 15.7 Å². The van der Waals surface area contributed by atoms with Crippen molar-refractivity contribution >= 4 is 50.4 Å². The molecule has 0 aliphatic rings. The number of hydrogen-bond donors (Lipinski definition) is 2. The fraction of sp³-hybridized carbons (Fsp3) is 0. The largest absolute Gasteiger partial charge is 0.322 e. The topological polar surface area (TPSA) is 70.6 Å². The second-order valence-corrected chi connectivity index (χ2v) is 7.67. The predicted octanol–water partition coefficient (Wildman–Crippen LogP) is 5.62. The zero-order chi connectivity index (χ0) is 21.6. The highest BCUT2D eigenvalue weighted by molar-refractivity contribution is 9.10. The van der Waals surface area contributed by atoms with Gasteiger partial charge in [0.1, 0.15) is 0 Å². The number of amides is 2. The van der Waals surface area contributed by atoms with E-state index in [0.29, 0.717) is 21.3 Å². The van der Waals surface area contributed by atoms with E-state index in [2.05, 4.69) is 31.8 Å². The molecule has 31 heavy (non-hydrogen) atoms. The summed E-state index contributed by atoms with van der Waals surface area (Å²) < 4.78 is 0.716. The Hall–Kier alpha value is -3.77. The SMILES string of the molecule is O=C(N/N=C\c1ccc2ccccc2c1)c1ccc(NC(=O)c2ccccc2Br)cc1. The number of rotatable bonds is 5. The molecule has 0 aliphatic carbocycles. The van der Waals surface area contributed by atoms with Crippen LogP contribution in [0, 0.1) is 0 Å². The van der Waals surface area contributed by atoms with Gasteiger partial charge in [-0.15, -0.1) is 0 Å². The molecule has 0 saturated heterocycles. The number of hydrazone groups is 1. The third-order valence-electron chi connectivity index (χ3n) is 4.68. The zero-order valence-corrected chi connectivity index (χ0v) is 18.0. The van der Waals surface area contributed by atoms with Gasteiger partial charge in [0.15, 0.2) is 0 Å². The van der Waals surface area contributed by atoms with Crippen molar-refractivity contribution in [3.8, 4) is 0 Å². The second kappa shape index (κ2) is 9.36. The molecule has 0 bridgehead atoms. The van der Waals surface area contributed by atoms with E-state index >= 15 is 0 Å². The lowest BCUT2D eigenvalue weighted by Gasteiger charge is -2.07. The standard InChI is InChI=1S/C25H18BrN3O2/c26-23-8-4-3-7-22(23)25(31)28-21-13-11-19(12-14-21)24(30)29-27-16-17-9-10-18-5-1-2-6-20(18)15-17/h1-16H,(H,28,31)(H,29,30)/b27-16-. The zero-order valence-electron chi connectivity index (χ0n) is 16.4. The normalized spacial score (nSPS) is 10.9. The Morgan fingerprint density at radius 3 is 2.26 bits per heavy atom. The minimum atomic E-state index is -0.333. The average Bonchev–Trinajstić information content (AvgIpc) is 2.79. The third kappa shape index (κ3) is 5.05. The minimum absolute atomic E-state index is 0.232. The summed E-state index contributed by atoms with van der Waals surface area (Å²) in [4.78, 5) is 24.7. The molecule has 6 heteroatoms. The Morgan fingerprint density at radius 2 is 1.48 bits per heavy atom. The molecular weight excluding hydrogens is 454 g/mol. The summed E-state index contributed by atoms with van der Waals surface area (Å²) in [5.74, 6) is -0.564. The first kappa shape index (κ1) is 20.5. The van der Waals surface area contributed by atoms with Gasteiger partial charge < -0.3 is 5.32 Å². The number of benzene rings is 4. The van der Waals surface area contributed by atoms with Crippen molar-refractivity contribution in [3.63, 3.8) is 0 Å². The number of nitrogens with zero attached hydrogens (tertiary/aromatic N) is 1. The molecule has 5 nitrogen and oxygen atoms in total. The maximum absolute atomic E-state index is 12.4. The number of nitrogens with one attached hydrogen (secondary N) is 2. The van der Waals surface area contributed by atoms with Crippen molar-refractivity contribution < 1.29 is 9.59 Å². The summed E-state index contributed by atoms with van der Waals surface area (Å²) in [6.07, 6.45) is 1.61. The van der Waals surface area contributed by atoms with Crippen LogP contribution in [-0.4, -0.2) is 18.0 Å². The fourth-order valence-corrected chi connectivity index (χ4v) is 3.53. The Bertz CT molecular complexity index is 1280. The highest BCUT2D eigenvalue weighted by atomic mass is 79.9. The molecule has 152 valence electrons. The van der Waals surface area contributed by atoms with Gasteiger partial charge in [-0.05, 0) is 74.7 Å². The summed E-state index contributed by atoms with van der Waals surface area (Å²) >= 11 is 3.37. The molecule has 4 aromatic rings. The van der Waals surface area contributed by atoms with Crippen LogP contribution in [-0.2, 0) is 0 Å². The molecule has 0 radical (unpaired) electrons. The number of fused-ring (bicyclic) bond motifs is 1. The Labute approximate surface area is 187 Å². The van der Waals surface area contributed by atoms with Crippen LogP contribution < -0.4 is 10.7 Å². The van der Waals surface area contributed by atoms with Crippen molar-refractivity contribution in [2.24, 2.45) is 5.10 Å². The molecule has 2 N–H and O–H groups in total. The first-order chi connectivity index (χ1) is 15.1. The third-order valence-corrected chi connectivity index (χ3v) is 5.37. The first-order valence-corrected chi connectivity index (χ1v) is 10.4. The van der Waals surface area contributed by atoms with Crippen LogP contribution in [0.3, 0.4) is 0 Å². The summed E-state index contributed by atoms with van der Waals surface area (Å²) in [5, 5.41) is 9.12. The average molecular weight is 472 g/mol. The lowest BCUT2D eigenvalue weighted by Crippen LogP contribution is -2.18. The maximum Gasteiger partial charge on any atom is 0.271 e. The number of halogens is 1. The van der Waals surface area contributed by atoms with E-state index in [1.807, 2.05) is 48.5 Å². The second-order valence-electron chi connectivity index (χ2n) is 6.82.